The molecular weight excluding hydrogens is 264 g/mol. The van der Waals surface area contributed by atoms with Crippen molar-refractivity contribution < 1.29 is 14.7 Å². The van der Waals surface area contributed by atoms with Crippen LogP contribution in [-0.4, -0.2) is 21.7 Å². The number of carbonyl (C=O) groups is 2. The number of carboxylic acids is 1. The molecule has 4 N–H and O–H groups in total. The second-order valence-electron chi connectivity index (χ2n) is 4.26. The maximum atomic E-state index is 11.9. The lowest BCUT2D eigenvalue weighted by Crippen LogP contribution is -2.55. The van der Waals surface area contributed by atoms with Crippen LogP contribution in [0.4, 0.5) is 0 Å². The molecule has 0 unspecified atom stereocenters. The van der Waals surface area contributed by atoms with E-state index < -0.39 is 22.5 Å². The van der Waals surface area contributed by atoms with Crippen LogP contribution in [0.1, 0.15) is 5.56 Å². The molecule has 2 atom stereocenters. The topological polar surface area (TPSA) is 92.4 Å². The molecule has 5 nitrogen and oxygen atoms in total. The number of nitrogens with one attached hydrogen (secondary N) is 1. The molecule has 100 valence electrons. The van der Waals surface area contributed by atoms with Crippen LogP contribution < -0.4 is 11.3 Å². The fraction of sp³-hybridized carbons (Fsp3) is 0.231. The number of hydrogen-bond donors (Lipinski definition) is 3. The van der Waals surface area contributed by atoms with Crippen molar-refractivity contribution in [3.05, 3.63) is 47.4 Å². The van der Waals surface area contributed by atoms with Gasteiger partial charge in [0.1, 0.15) is 0 Å². The zero-order valence-corrected chi connectivity index (χ0v) is 10.9. The van der Waals surface area contributed by atoms with E-state index in [1.807, 2.05) is 35.8 Å². The van der Waals surface area contributed by atoms with Crippen molar-refractivity contribution in [2.45, 2.75) is 11.2 Å². The number of benzene rings is 1. The number of allylic oxidation sites excluding steroid dienone is 1. The highest BCUT2D eigenvalue weighted by molar-refractivity contribution is 8.05. The second kappa shape index (κ2) is 5.46. The van der Waals surface area contributed by atoms with Crippen LogP contribution in [0.25, 0.3) is 0 Å². The molecule has 0 saturated heterocycles. The van der Waals surface area contributed by atoms with Crippen molar-refractivity contribution in [3.63, 3.8) is 0 Å². The summed E-state index contributed by atoms with van der Waals surface area (Å²) in [4.78, 5) is 23.4. The number of nitrogens with two attached hydrogens (primary N) is 1. The van der Waals surface area contributed by atoms with Crippen molar-refractivity contribution in [2.75, 3.05) is 0 Å². The molecule has 0 fully saturated rings. The van der Waals surface area contributed by atoms with Gasteiger partial charge in [0.2, 0.25) is 4.75 Å². The molecule has 0 saturated carbocycles. The first-order valence-electron chi connectivity index (χ1n) is 5.74. The zero-order valence-electron chi connectivity index (χ0n) is 10.1. The molecule has 19 heavy (non-hydrogen) atoms. The van der Waals surface area contributed by atoms with Gasteiger partial charge in [-0.25, -0.2) is 5.84 Å². The zero-order chi connectivity index (χ0) is 13.9. The summed E-state index contributed by atoms with van der Waals surface area (Å²) in [5.41, 5.74) is 2.95. The van der Waals surface area contributed by atoms with Gasteiger partial charge in [-0.3, -0.25) is 15.0 Å². The Morgan fingerprint density at radius 1 is 1.37 bits per heavy atom. The lowest BCUT2D eigenvalue weighted by atomic mass is 9.85. The van der Waals surface area contributed by atoms with E-state index >= 15 is 0 Å². The predicted molar refractivity (Wildman–Crippen MR) is 73.1 cm³/mol. The first-order chi connectivity index (χ1) is 9.11. The molecule has 1 amide bonds. The summed E-state index contributed by atoms with van der Waals surface area (Å²) in [7, 11) is 0. The van der Waals surface area contributed by atoms with E-state index in [0.29, 0.717) is 6.42 Å². The Bertz CT molecular complexity index is 518. The molecule has 1 aromatic carbocycles. The molecule has 6 heteroatoms. The van der Waals surface area contributed by atoms with E-state index in [-0.39, 0.29) is 0 Å². The van der Waals surface area contributed by atoms with Gasteiger partial charge in [0.05, 0.1) is 0 Å². The SMILES string of the molecule is NNC(=O)[C@@]1(C(=O)O)SC=C[C@H]1Cc1ccccc1. The van der Waals surface area contributed by atoms with Gasteiger partial charge in [-0.15, -0.1) is 11.8 Å². The van der Waals surface area contributed by atoms with Crippen LogP contribution in [0.15, 0.2) is 41.8 Å². The van der Waals surface area contributed by atoms with Crippen LogP contribution in [0.2, 0.25) is 0 Å². The number of rotatable bonds is 4. The number of amides is 1. The molecule has 1 aliphatic heterocycles. The fourth-order valence-electron chi connectivity index (χ4n) is 2.18. The third kappa shape index (κ3) is 2.36. The van der Waals surface area contributed by atoms with Crippen molar-refractivity contribution in [2.24, 2.45) is 11.8 Å². The predicted octanol–water partition coefficient (Wildman–Crippen LogP) is 0.919. The van der Waals surface area contributed by atoms with Crippen molar-refractivity contribution >= 4 is 23.6 Å². The average Bonchev–Trinajstić information content (AvgIpc) is 2.83. The number of carboxylic acid groups (broad SMARTS) is 1. The Morgan fingerprint density at radius 3 is 2.63 bits per heavy atom. The molecule has 0 spiro atoms. The highest BCUT2D eigenvalue weighted by atomic mass is 32.2. The highest BCUT2D eigenvalue weighted by Crippen LogP contribution is 2.43. The smallest absolute Gasteiger partial charge is 0.330 e. The van der Waals surface area contributed by atoms with Crippen LogP contribution in [0.5, 0.6) is 0 Å². The molecule has 2 rings (SSSR count). The summed E-state index contributed by atoms with van der Waals surface area (Å²) >= 11 is 0.986. The third-order valence-electron chi connectivity index (χ3n) is 3.17. The van der Waals surface area contributed by atoms with Gasteiger partial charge in [-0.1, -0.05) is 36.4 Å². The van der Waals surface area contributed by atoms with Gasteiger partial charge in [0.15, 0.2) is 0 Å². The minimum atomic E-state index is -1.58. The van der Waals surface area contributed by atoms with Crippen LogP contribution >= 0.6 is 11.8 Å². The maximum Gasteiger partial charge on any atom is 0.330 e. The Balaban J connectivity index is 2.30. The molecule has 0 bridgehead atoms. The summed E-state index contributed by atoms with van der Waals surface area (Å²) in [5.74, 6) is 2.84. The highest BCUT2D eigenvalue weighted by Gasteiger charge is 2.54. The van der Waals surface area contributed by atoms with E-state index in [2.05, 4.69) is 0 Å². The molecule has 0 aliphatic carbocycles. The Morgan fingerprint density at radius 2 is 2.05 bits per heavy atom. The Kier molecular flexibility index (Phi) is 3.92. The monoisotopic (exact) mass is 278 g/mol. The summed E-state index contributed by atoms with van der Waals surface area (Å²) in [5, 5.41) is 11.1. The van der Waals surface area contributed by atoms with Crippen molar-refractivity contribution in [1.82, 2.24) is 5.43 Å². The number of aliphatic carboxylic acids is 1. The van der Waals surface area contributed by atoms with Gasteiger partial charge >= 0.3 is 5.97 Å². The van der Waals surface area contributed by atoms with Crippen LogP contribution in [0, 0.1) is 5.92 Å². The summed E-state index contributed by atoms with van der Waals surface area (Å²) < 4.78 is -1.58. The average molecular weight is 278 g/mol. The number of hydrogen-bond acceptors (Lipinski definition) is 4. The van der Waals surface area contributed by atoms with Crippen LogP contribution in [-0.2, 0) is 16.0 Å². The minimum Gasteiger partial charge on any atom is -0.480 e. The minimum absolute atomic E-state index is 0.430. The number of hydrazine groups is 1. The number of carbonyl (C=O) groups excluding carboxylic acids is 1. The van der Waals surface area contributed by atoms with Crippen molar-refractivity contribution in [1.29, 1.82) is 0 Å². The third-order valence-corrected chi connectivity index (χ3v) is 4.50. The maximum absolute atomic E-state index is 11.9. The molecule has 1 aliphatic rings. The molecule has 0 aromatic heterocycles. The normalized spacial score (nSPS) is 25.2. The lowest BCUT2D eigenvalue weighted by molar-refractivity contribution is -0.145. The van der Waals surface area contributed by atoms with E-state index in [1.54, 1.807) is 11.5 Å². The lowest BCUT2D eigenvalue weighted by Gasteiger charge is -2.28. The van der Waals surface area contributed by atoms with Crippen molar-refractivity contribution in [3.8, 4) is 0 Å². The number of thioether (sulfide) groups is 1. The van der Waals surface area contributed by atoms with Gasteiger partial charge < -0.3 is 5.11 Å². The summed E-state index contributed by atoms with van der Waals surface area (Å²) in [6, 6.07) is 9.46. The molecular formula is C13H14N2O3S. The van der Waals surface area contributed by atoms with Gasteiger partial charge in [0, 0.05) is 5.92 Å². The fourth-order valence-corrected chi connectivity index (χ4v) is 3.27. The standard InChI is InChI=1S/C13H14N2O3S/c14-15-11(16)13(12(17)18)10(6-7-19-13)8-9-4-2-1-3-5-9/h1-7,10H,8,14H2,(H,15,16)(H,17,18)/t10-,13-/m0/s1. The quantitative estimate of drug-likeness (QED) is 0.329. The van der Waals surface area contributed by atoms with Gasteiger partial charge in [0.25, 0.3) is 5.91 Å². The van der Waals surface area contributed by atoms with Gasteiger partial charge in [-0.2, -0.15) is 0 Å². The van der Waals surface area contributed by atoms with E-state index in [1.165, 1.54) is 0 Å². The molecule has 0 radical (unpaired) electrons. The summed E-state index contributed by atoms with van der Waals surface area (Å²) in [6.45, 7) is 0. The van der Waals surface area contributed by atoms with E-state index in [0.717, 1.165) is 17.3 Å². The Labute approximate surface area is 114 Å². The second-order valence-corrected chi connectivity index (χ2v) is 5.41. The van der Waals surface area contributed by atoms with Gasteiger partial charge in [-0.05, 0) is 17.4 Å². The van der Waals surface area contributed by atoms with Crippen LogP contribution in [0.3, 0.4) is 0 Å². The van der Waals surface area contributed by atoms with E-state index in [4.69, 9.17) is 5.84 Å². The molecule has 1 aromatic rings. The van der Waals surface area contributed by atoms with E-state index in [9.17, 15) is 14.7 Å². The largest absolute Gasteiger partial charge is 0.480 e. The molecule has 1 heterocycles. The summed E-state index contributed by atoms with van der Waals surface area (Å²) in [6.07, 6.45) is 2.23. The Hall–Kier alpha value is -1.79. The first kappa shape index (κ1) is 13.6. The first-order valence-corrected chi connectivity index (χ1v) is 6.62.